The molecule has 35 heavy (non-hydrogen) atoms. The molecule has 0 aliphatic carbocycles. The van der Waals surface area contributed by atoms with Crippen LogP contribution < -0.4 is 15.0 Å². The molecule has 2 aliphatic heterocycles. The molecule has 2 saturated heterocycles. The van der Waals surface area contributed by atoms with Gasteiger partial charge in [0.05, 0.1) is 24.4 Å². The van der Waals surface area contributed by atoms with Gasteiger partial charge in [-0.1, -0.05) is 13.8 Å². The fraction of sp³-hybridized carbons (Fsp3) is 0.478. The summed E-state index contributed by atoms with van der Waals surface area (Å²) in [7, 11) is 1.16. The maximum atomic E-state index is 14.4. The molecule has 1 N–H and O–H groups in total. The molecule has 192 valence electrons. The van der Waals surface area contributed by atoms with Crippen molar-refractivity contribution in [2.24, 2.45) is 0 Å². The number of alkyl halides is 2. The van der Waals surface area contributed by atoms with E-state index < -0.39 is 54.3 Å². The van der Waals surface area contributed by atoms with Crippen molar-refractivity contribution in [2.75, 3.05) is 43.3 Å². The number of hydrogen-bond donors (Lipinski definition) is 1. The number of anilines is 2. The fourth-order valence-electron chi connectivity index (χ4n) is 3.86. The van der Waals surface area contributed by atoms with Crippen LogP contribution in [0.4, 0.5) is 28.9 Å². The molecule has 0 bridgehead atoms. The Balaban J connectivity index is 0.00000167. The van der Waals surface area contributed by atoms with Crippen LogP contribution in [0, 0.1) is 11.6 Å². The highest BCUT2D eigenvalue weighted by atomic mass is 32.2. The van der Waals surface area contributed by atoms with Gasteiger partial charge in [-0.15, -0.1) is 11.8 Å². The van der Waals surface area contributed by atoms with Gasteiger partial charge in [-0.25, -0.2) is 18.2 Å². The van der Waals surface area contributed by atoms with Crippen molar-refractivity contribution in [3.8, 4) is 5.75 Å². The first-order valence-corrected chi connectivity index (χ1v) is 12.1. The average molecular weight is 518 g/mol. The van der Waals surface area contributed by atoms with Gasteiger partial charge in [-0.2, -0.15) is 4.39 Å². The number of aromatic nitrogens is 1. The highest BCUT2D eigenvalue weighted by Gasteiger charge is 2.54. The Morgan fingerprint density at radius 1 is 1.23 bits per heavy atom. The first-order valence-electron chi connectivity index (χ1n) is 10.9. The third-order valence-electron chi connectivity index (χ3n) is 5.44. The van der Waals surface area contributed by atoms with E-state index in [4.69, 9.17) is 14.2 Å². The maximum Gasteiger partial charge on any atom is 0.293 e. The minimum atomic E-state index is -3.17. The van der Waals surface area contributed by atoms with Crippen molar-refractivity contribution in [2.45, 2.75) is 43.0 Å². The third-order valence-corrected chi connectivity index (χ3v) is 6.08. The summed E-state index contributed by atoms with van der Waals surface area (Å²) in [6, 6.07) is 4.41. The Hall–Kier alpha value is -2.57. The average Bonchev–Trinajstić information content (AvgIpc) is 3.24. The molecule has 1 atom stereocenters. The van der Waals surface area contributed by atoms with E-state index in [1.165, 1.54) is 28.9 Å². The molecule has 1 spiro atoms. The van der Waals surface area contributed by atoms with E-state index in [-0.39, 0.29) is 18.7 Å². The van der Waals surface area contributed by atoms with Crippen molar-refractivity contribution < 1.29 is 36.6 Å². The molecule has 3 heterocycles. The number of methoxy groups -OCH3 is 1. The van der Waals surface area contributed by atoms with E-state index >= 15 is 0 Å². The van der Waals surface area contributed by atoms with Gasteiger partial charge in [0.25, 0.3) is 5.92 Å². The minimum absolute atomic E-state index is 0.0671. The maximum absolute atomic E-state index is 14.4. The number of amides is 1. The molecule has 1 amide bonds. The molecule has 2 aromatic rings. The number of nitrogens with zero attached hydrogens (tertiary/aromatic N) is 2. The zero-order valence-electron chi connectivity index (χ0n) is 19.7. The number of carbonyl (C=O) groups is 1. The lowest BCUT2D eigenvalue weighted by molar-refractivity contribution is -0.319. The summed E-state index contributed by atoms with van der Waals surface area (Å²) in [6.45, 7) is 2.06. The molecule has 1 aromatic carbocycles. The molecule has 1 aromatic heterocycles. The summed E-state index contributed by atoms with van der Waals surface area (Å²) >= 11 is 1.39. The zero-order chi connectivity index (χ0) is 25.8. The molecule has 0 radical (unpaired) electrons. The van der Waals surface area contributed by atoms with Crippen LogP contribution in [0.2, 0.25) is 0 Å². The predicted octanol–water partition coefficient (Wildman–Crippen LogP) is 4.71. The van der Waals surface area contributed by atoms with Crippen LogP contribution in [0.3, 0.4) is 0 Å². The number of ether oxygens (including phenoxy) is 3. The highest BCUT2D eigenvalue weighted by molar-refractivity contribution is 7.98. The molecule has 1 unspecified atom stereocenters. The molecule has 2 aliphatic rings. The summed E-state index contributed by atoms with van der Waals surface area (Å²) in [5.74, 6) is -7.98. The number of halogens is 4. The van der Waals surface area contributed by atoms with Crippen molar-refractivity contribution in [3.63, 3.8) is 0 Å². The Bertz CT molecular complexity index is 1050. The van der Waals surface area contributed by atoms with Gasteiger partial charge in [0, 0.05) is 18.3 Å². The standard InChI is InChI=1S/C21H21F4N3O4S.C2H6/c1-30-18-14(4-3-13(22)17(18)23)28-9-21(31-10-20(24,25)11-32-21)8-15(28)19(29)27-12-5-6-26-16(7-12)33-2;1-2/h3-7,15H,8-11H2,1-2H3,(H,26,27,29);1-2H3. The smallest absolute Gasteiger partial charge is 0.293 e. The molecular weight excluding hydrogens is 490 g/mol. The number of pyridine rings is 1. The predicted molar refractivity (Wildman–Crippen MR) is 124 cm³/mol. The van der Waals surface area contributed by atoms with Gasteiger partial charge < -0.3 is 24.4 Å². The number of carbonyl (C=O) groups excluding carboxylic acids is 1. The molecule has 4 rings (SSSR count). The summed E-state index contributed by atoms with van der Waals surface area (Å²) in [4.78, 5) is 18.8. The summed E-state index contributed by atoms with van der Waals surface area (Å²) in [6.07, 6.45) is 3.25. The van der Waals surface area contributed by atoms with Gasteiger partial charge in [-0.3, -0.25) is 4.79 Å². The van der Waals surface area contributed by atoms with E-state index in [0.29, 0.717) is 10.7 Å². The number of benzene rings is 1. The quantitative estimate of drug-likeness (QED) is 0.455. The van der Waals surface area contributed by atoms with Crippen LogP contribution in [0.1, 0.15) is 20.3 Å². The molecule has 7 nitrogen and oxygen atoms in total. The van der Waals surface area contributed by atoms with E-state index in [1.54, 1.807) is 12.1 Å². The van der Waals surface area contributed by atoms with Crippen LogP contribution in [0.5, 0.6) is 5.75 Å². The second-order valence-electron chi connectivity index (χ2n) is 7.68. The van der Waals surface area contributed by atoms with Gasteiger partial charge >= 0.3 is 0 Å². The molecule has 12 heteroatoms. The Labute approximate surface area is 205 Å². The number of thioether (sulfide) groups is 1. The summed E-state index contributed by atoms with van der Waals surface area (Å²) in [5.41, 5.74) is 0.534. The number of rotatable bonds is 5. The largest absolute Gasteiger partial charge is 0.491 e. The zero-order valence-corrected chi connectivity index (χ0v) is 20.6. The Kier molecular flexibility index (Phi) is 8.50. The van der Waals surface area contributed by atoms with Gasteiger partial charge in [0.1, 0.15) is 19.3 Å². The van der Waals surface area contributed by atoms with Crippen molar-refractivity contribution in [1.82, 2.24) is 4.98 Å². The monoisotopic (exact) mass is 517 g/mol. The lowest BCUT2D eigenvalue weighted by atomic mass is 10.1. The normalized spacial score (nSPS) is 20.2. The lowest BCUT2D eigenvalue weighted by Crippen LogP contribution is -2.51. The summed E-state index contributed by atoms with van der Waals surface area (Å²) in [5, 5.41) is 3.44. The van der Waals surface area contributed by atoms with E-state index in [1.807, 2.05) is 20.1 Å². The van der Waals surface area contributed by atoms with Crippen molar-refractivity contribution in [3.05, 3.63) is 42.1 Å². The van der Waals surface area contributed by atoms with E-state index in [2.05, 4.69) is 10.3 Å². The second kappa shape index (κ2) is 11.0. The van der Waals surface area contributed by atoms with E-state index in [0.717, 1.165) is 13.2 Å². The van der Waals surface area contributed by atoms with Gasteiger partial charge in [0.15, 0.2) is 17.4 Å². The molecular formula is C23H27F4N3O4S. The van der Waals surface area contributed by atoms with E-state index in [9.17, 15) is 22.4 Å². The lowest BCUT2D eigenvalue weighted by Gasteiger charge is -2.37. The highest BCUT2D eigenvalue weighted by Crippen LogP contribution is 2.43. The first kappa shape index (κ1) is 27.0. The number of hydrogen-bond acceptors (Lipinski definition) is 7. The van der Waals surface area contributed by atoms with Crippen LogP contribution in [0.25, 0.3) is 0 Å². The second-order valence-corrected chi connectivity index (χ2v) is 8.51. The van der Waals surface area contributed by atoms with Gasteiger partial charge in [-0.05, 0) is 30.5 Å². The van der Waals surface area contributed by atoms with Crippen molar-refractivity contribution in [1.29, 1.82) is 0 Å². The van der Waals surface area contributed by atoms with Gasteiger partial charge in [0.2, 0.25) is 11.7 Å². The van der Waals surface area contributed by atoms with Crippen LogP contribution in [0.15, 0.2) is 35.5 Å². The third kappa shape index (κ3) is 5.81. The Morgan fingerprint density at radius 3 is 2.54 bits per heavy atom. The number of nitrogens with one attached hydrogen (secondary N) is 1. The minimum Gasteiger partial charge on any atom is -0.491 e. The molecule has 2 fully saturated rings. The van der Waals surface area contributed by atoms with Crippen LogP contribution in [-0.2, 0) is 14.3 Å². The first-order chi connectivity index (χ1) is 16.7. The van der Waals surface area contributed by atoms with Crippen LogP contribution >= 0.6 is 11.8 Å². The summed E-state index contributed by atoms with van der Waals surface area (Å²) < 4.78 is 71.3. The topological polar surface area (TPSA) is 72.9 Å². The van der Waals surface area contributed by atoms with Crippen molar-refractivity contribution >= 4 is 29.0 Å². The fourth-order valence-corrected chi connectivity index (χ4v) is 4.27. The Morgan fingerprint density at radius 2 is 1.91 bits per heavy atom. The SMILES string of the molecule is CC.COc1c(N2CC3(CC2C(=O)Nc2ccnc(SC)c2)OCC(F)(F)CO3)ccc(F)c1F. The molecule has 0 saturated carbocycles. The van der Waals surface area contributed by atoms with Crippen LogP contribution in [-0.4, -0.2) is 61.8 Å².